The lowest BCUT2D eigenvalue weighted by Crippen LogP contribution is -2.13. The van der Waals surface area contributed by atoms with E-state index in [2.05, 4.69) is 25.8 Å². The standard InChI is InChI=1S/C10H11N5O2S3/c1-2-6(16)12-9-14-15-10(20-9)19-5-7(17)13-8-11-3-4-18-8/h3-4H,2,5H2,1H3,(H,11,13,17)(H,12,14,16). The van der Waals surface area contributed by atoms with Gasteiger partial charge in [-0.25, -0.2) is 4.98 Å². The highest BCUT2D eigenvalue weighted by Crippen LogP contribution is 2.25. The summed E-state index contributed by atoms with van der Waals surface area (Å²) in [6.45, 7) is 1.76. The van der Waals surface area contributed by atoms with Crippen LogP contribution in [0.25, 0.3) is 0 Å². The molecular weight excluding hydrogens is 318 g/mol. The Balaban J connectivity index is 1.79. The van der Waals surface area contributed by atoms with Crippen molar-refractivity contribution in [3.8, 4) is 0 Å². The van der Waals surface area contributed by atoms with Crippen LogP contribution in [-0.4, -0.2) is 32.7 Å². The van der Waals surface area contributed by atoms with Gasteiger partial charge in [0, 0.05) is 18.0 Å². The molecule has 2 rings (SSSR count). The summed E-state index contributed by atoms with van der Waals surface area (Å²) >= 11 is 3.87. The van der Waals surface area contributed by atoms with Crippen molar-refractivity contribution in [1.29, 1.82) is 0 Å². The second-order valence-corrected chi connectivity index (χ2v) is 6.54. The van der Waals surface area contributed by atoms with E-state index in [0.29, 0.717) is 21.0 Å². The fourth-order valence-corrected chi connectivity index (χ4v) is 3.21. The van der Waals surface area contributed by atoms with Crippen LogP contribution in [0.15, 0.2) is 15.9 Å². The van der Waals surface area contributed by atoms with Crippen molar-refractivity contribution < 1.29 is 9.59 Å². The van der Waals surface area contributed by atoms with E-state index < -0.39 is 0 Å². The number of nitrogens with one attached hydrogen (secondary N) is 2. The number of aromatic nitrogens is 3. The quantitative estimate of drug-likeness (QED) is 0.622. The third kappa shape index (κ3) is 4.54. The number of nitrogens with zero attached hydrogens (tertiary/aromatic N) is 3. The molecule has 0 aromatic carbocycles. The first kappa shape index (κ1) is 14.9. The van der Waals surface area contributed by atoms with Gasteiger partial charge in [0.15, 0.2) is 9.47 Å². The molecule has 0 unspecified atom stereocenters. The van der Waals surface area contributed by atoms with E-state index in [0.717, 1.165) is 0 Å². The number of rotatable bonds is 6. The third-order valence-corrected chi connectivity index (χ3v) is 4.64. The summed E-state index contributed by atoms with van der Waals surface area (Å²) in [5, 5.41) is 15.8. The van der Waals surface area contributed by atoms with Crippen LogP contribution in [0.3, 0.4) is 0 Å². The maximum absolute atomic E-state index is 11.6. The number of thiazole rings is 1. The van der Waals surface area contributed by atoms with Crippen molar-refractivity contribution in [2.24, 2.45) is 0 Å². The Hall–Kier alpha value is -1.52. The van der Waals surface area contributed by atoms with E-state index >= 15 is 0 Å². The molecule has 2 heterocycles. The highest BCUT2D eigenvalue weighted by atomic mass is 32.2. The number of thioether (sulfide) groups is 1. The third-order valence-electron chi connectivity index (χ3n) is 1.98. The van der Waals surface area contributed by atoms with Crippen molar-refractivity contribution in [3.05, 3.63) is 11.6 Å². The molecule has 2 aromatic heterocycles. The van der Waals surface area contributed by atoms with Gasteiger partial charge in [-0.1, -0.05) is 30.0 Å². The highest BCUT2D eigenvalue weighted by molar-refractivity contribution is 8.01. The van der Waals surface area contributed by atoms with E-state index in [1.54, 1.807) is 18.5 Å². The normalized spacial score (nSPS) is 10.2. The number of carbonyl (C=O) groups is 2. The number of amides is 2. The van der Waals surface area contributed by atoms with Crippen LogP contribution in [0.1, 0.15) is 13.3 Å². The van der Waals surface area contributed by atoms with E-state index in [1.807, 2.05) is 0 Å². The second-order valence-electron chi connectivity index (χ2n) is 3.45. The average Bonchev–Trinajstić information content (AvgIpc) is 3.08. The van der Waals surface area contributed by atoms with Gasteiger partial charge in [0.05, 0.1) is 5.75 Å². The van der Waals surface area contributed by atoms with Crippen LogP contribution in [0.2, 0.25) is 0 Å². The highest BCUT2D eigenvalue weighted by Gasteiger charge is 2.10. The van der Waals surface area contributed by atoms with Gasteiger partial charge in [0.1, 0.15) is 0 Å². The Kier molecular flexibility index (Phi) is 5.44. The van der Waals surface area contributed by atoms with Gasteiger partial charge >= 0.3 is 0 Å². The number of carbonyl (C=O) groups excluding carboxylic acids is 2. The zero-order valence-corrected chi connectivity index (χ0v) is 12.9. The molecule has 2 N–H and O–H groups in total. The summed E-state index contributed by atoms with van der Waals surface area (Å²) in [7, 11) is 0. The van der Waals surface area contributed by atoms with E-state index in [1.165, 1.54) is 34.4 Å². The van der Waals surface area contributed by atoms with Crippen molar-refractivity contribution in [2.45, 2.75) is 17.7 Å². The molecule has 0 saturated carbocycles. The molecule has 0 fully saturated rings. The zero-order valence-electron chi connectivity index (χ0n) is 10.5. The minimum atomic E-state index is -0.153. The minimum absolute atomic E-state index is 0.112. The van der Waals surface area contributed by atoms with Crippen molar-refractivity contribution in [1.82, 2.24) is 15.2 Å². The van der Waals surface area contributed by atoms with Crippen LogP contribution in [0.5, 0.6) is 0 Å². The molecule has 10 heteroatoms. The lowest BCUT2D eigenvalue weighted by molar-refractivity contribution is -0.116. The Morgan fingerprint density at radius 1 is 1.25 bits per heavy atom. The molecule has 0 saturated heterocycles. The Morgan fingerprint density at radius 3 is 2.75 bits per heavy atom. The van der Waals surface area contributed by atoms with Crippen molar-refractivity contribution >= 4 is 56.5 Å². The fraction of sp³-hybridized carbons (Fsp3) is 0.300. The minimum Gasteiger partial charge on any atom is -0.301 e. The maximum atomic E-state index is 11.6. The summed E-state index contributed by atoms with van der Waals surface area (Å²) < 4.78 is 0.630. The molecule has 0 radical (unpaired) electrons. The summed E-state index contributed by atoms with van der Waals surface area (Å²) in [6.07, 6.45) is 2.01. The van der Waals surface area contributed by atoms with Gasteiger partial charge in [0.25, 0.3) is 0 Å². The van der Waals surface area contributed by atoms with Gasteiger partial charge in [0.2, 0.25) is 16.9 Å². The topological polar surface area (TPSA) is 96.9 Å². The van der Waals surface area contributed by atoms with Gasteiger partial charge in [-0.05, 0) is 0 Å². The lowest BCUT2D eigenvalue weighted by atomic mass is 10.5. The van der Waals surface area contributed by atoms with Crippen molar-refractivity contribution in [3.63, 3.8) is 0 Å². The predicted octanol–water partition coefficient (Wildman–Crippen LogP) is 2.07. The van der Waals surface area contributed by atoms with Crippen LogP contribution in [-0.2, 0) is 9.59 Å². The van der Waals surface area contributed by atoms with Gasteiger partial charge in [-0.2, -0.15) is 0 Å². The number of hydrogen-bond donors (Lipinski definition) is 2. The smallest absolute Gasteiger partial charge is 0.236 e. The van der Waals surface area contributed by atoms with E-state index in [9.17, 15) is 9.59 Å². The first-order valence-electron chi connectivity index (χ1n) is 5.63. The number of anilines is 2. The molecule has 0 aliphatic heterocycles. The van der Waals surface area contributed by atoms with Crippen LogP contribution in [0, 0.1) is 0 Å². The summed E-state index contributed by atoms with van der Waals surface area (Å²) in [5.74, 6) is -0.0471. The van der Waals surface area contributed by atoms with Gasteiger partial charge < -0.3 is 10.6 Å². The Bertz CT molecular complexity index is 583. The summed E-state index contributed by atoms with van der Waals surface area (Å²) in [5.41, 5.74) is 0. The first-order valence-corrected chi connectivity index (χ1v) is 8.31. The Labute approximate surface area is 127 Å². The van der Waals surface area contributed by atoms with Crippen molar-refractivity contribution in [2.75, 3.05) is 16.4 Å². The Morgan fingerprint density at radius 2 is 2.05 bits per heavy atom. The molecule has 0 bridgehead atoms. The fourth-order valence-electron chi connectivity index (χ4n) is 1.09. The zero-order chi connectivity index (χ0) is 14.4. The molecule has 106 valence electrons. The largest absolute Gasteiger partial charge is 0.301 e. The van der Waals surface area contributed by atoms with E-state index in [-0.39, 0.29) is 17.6 Å². The molecule has 20 heavy (non-hydrogen) atoms. The first-order chi connectivity index (χ1) is 9.67. The predicted molar refractivity (Wildman–Crippen MR) is 80.3 cm³/mol. The van der Waals surface area contributed by atoms with Gasteiger partial charge in [-0.15, -0.1) is 21.5 Å². The molecule has 0 aliphatic rings. The molecule has 0 aliphatic carbocycles. The SMILES string of the molecule is CCC(=O)Nc1nnc(SCC(=O)Nc2nccs2)s1. The summed E-state index contributed by atoms with van der Waals surface area (Å²) in [6, 6.07) is 0. The molecular formula is C10H11N5O2S3. The van der Waals surface area contributed by atoms with Crippen LogP contribution in [0.4, 0.5) is 10.3 Å². The molecule has 0 atom stereocenters. The molecule has 2 aromatic rings. The van der Waals surface area contributed by atoms with Gasteiger partial charge in [-0.3, -0.25) is 9.59 Å². The maximum Gasteiger partial charge on any atom is 0.236 e. The molecule has 2 amide bonds. The monoisotopic (exact) mass is 329 g/mol. The second kappa shape index (κ2) is 7.31. The average molecular weight is 329 g/mol. The molecule has 7 nitrogen and oxygen atoms in total. The number of hydrogen-bond acceptors (Lipinski definition) is 8. The molecule has 0 spiro atoms. The van der Waals surface area contributed by atoms with Crippen LogP contribution < -0.4 is 10.6 Å². The lowest BCUT2D eigenvalue weighted by Gasteiger charge is -1.98. The van der Waals surface area contributed by atoms with E-state index in [4.69, 9.17) is 0 Å². The van der Waals surface area contributed by atoms with Crippen LogP contribution >= 0.6 is 34.4 Å². The summed E-state index contributed by atoms with van der Waals surface area (Å²) in [4.78, 5) is 26.8.